The number of ether oxygens (including phenoxy) is 1. The lowest BCUT2D eigenvalue weighted by atomic mass is 10.1. The van der Waals surface area contributed by atoms with E-state index in [9.17, 15) is 14.4 Å². The molecule has 0 radical (unpaired) electrons. The zero-order valence-corrected chi connectivity index (χ0v) is 52.9. The van der Waals surface area contributed by atoms with Gasteiger partial charge in [-0.05, 0) is 165 Å². The summed E-state index contributed by atoms with van der Waals surface area (Å²) in [6.45, 7) is 13.2. The highest BCUT2D eigenvalue weighted by atomic mass is 79.9. The third kappa shape index (κ3) is 19.7. The molecule has 0 aliphatic carbocycles. The van der Waals surface area contributed by atoms with Gasteiger partial charge in [0.25, 0.3) is 17.7 Å². The number of piperazine rings is 3. The van der Waals surface area contributed by atoms with Gasteiger partial charge >= 0.3 is 0 Å². The molecule has 3 amide bonds. The van der Waals surface area contributed by atoms with E-state index >= 15 is 0 Å². The average Bonchev–Trinajstić information content (AvgIpc) is 3.57. The highest BCUT2D eigenvalue weighted by Gasteiger charge is 2.22. The second kappa shape index (κ2) is 32.2. The average molecular weight is 1360 g/mol. The van der Waals surface area contributed by atoms with Crippen molar-refractivity contribution in [3.63, 3.8) is 0 Å². The maximum atomic E-state index is 12.6. The topological polar surface area (TPSA) is 163 Å². The lowest BCUT2D eigenvalue weighted by molar-refractivity contribution is 0.0945. The number of para-hydroxylation sites is 1. The summed E-state index contributed by atoms with van der Waals surface area (Å²) >= 11 is 22.5. The van der Waals surface area contributed by atoms with Crippen molar-refractivity contribution >= 4 is 106 Å². The quantitative estimate of drug-likeness (QED) is 0.0682. The van der Waals surface area contributed by atoms with Crippen LogP contribution < -0.4 is 40.7 Å². The fourth-order valence-corrected chi connectivity index (χ4v) is 11.2. The lowest BCUT2D eigenvalue weighted by Gasteiger charge is -2.33. The van der Waals surface area contributed by atoms with E-state index in [0.29, 0.717) is 46.4 Å². The highest BCUT2D eigenvalue weighted by molar-refractivity contribution is 9.11. The Kier molecular flexibility index (Phi) is 24.4. The second-order valence-corrected chi connectivity index (χ2v) is 23.7. The molecule has 0 bridgehead atoms. The summed E-state index contributed by atoms with van der Waals surface area (Å²) in [4.78, 5) is 62.1. The van der Waals surface area contributed by atoms with Crippen LogP contribution in [-0.4, -0.2) is 155 Å². The molecule has 4 N–H and O–H groups in total. The molecule has 0 unspecified atom stereocenters. The molecule has 6 heterocycles. The first-order valence-electron chi connectivity index (χ1n) is 27.7. The van der Waals surface area contributed by atoms with Gasteiger partial charge < -0.3 is 50.5 Å². The van der Waals surface area contributed by atoms with Crippen molar-refractivity contribution in [2.75, 3.05) is 127 Å². The minimum Gasteiger partial charge on any atom is -0.457 e. The van der Waals surface area contributed by atoms with E-state index in [4.69, 9.17) is 27.9 Å². The minimum absolute atomic E-state index is 0.114. The van der Waals surface area contributed by atoms with Crippen LogP contribution in [0.25, 0.3) is 0 Å². The lowest BCUT2D eigenvalue weighted by Crippen LogP contribution is -2.45. The third-order valence-electron chi connectivity index (χ3n) is 14.1. The van der Waals surface area contributed by atoms with E-state index in [2.05, 4.69) is 123 Å². The standard InChI is InChI=1S/C25H27BrN4O2.C19H22BrClN4O.C18H20BrClN4O/c1-29-13-15-30(16-14-29)24-23(26)17-20(18-28-24)25(31)27-12-11-19-7-9-22(10-8-19)32-21-5-3-2-4-6-21;1-24-8-10-25(11-9-24)18-17(20)12-15(13-23-18)19(26)22-7-6-14-2-4-16(21)5-3-14;19-16-11-14(12-23-17(16)24-9-7-21-8-10-24)18(25)22-6-5-13-1-3-15(20)4-2-13/h2-10,17-18H,11-16H2,1H3,(H,27,31);2-5,12-13H,6-11H2,1H3,(H,22,26);1-4,11-12,21H,5-10H2,(H,22,25). The molecular weight excluding hydrogens is 1290 g/mol. The Labute approximate surface area is 522 Å². The van der Waals surface area contributed by atoms with Gasteiger partial charge in [-0.3, -0.25) is 14.4 Å². The van der Waals surface area contributed by atoms with Crippen molar-refractivity contribution in [3.05, 3.63) is 197 Å². The fourth-order valence-electron chi connectivity index (χ4n) is 9.19. The van der Waals surface area contributed by atoms with Gasteiger partial charge in [-0.15, -0.1) is 0 Å². The molecule has 21 heteroatoms. The van der Waals surface area contributed by atoms with Crippen LogP contribution in [0, 0.1) is 0 Å². The molecule has 436 valence electrons. The molecular formula is C62H69Br3Cl2N12O4. The first-order chi connectivity index (χ1) is 40.2. The number of hydrogen-bond donors (Lipinski definition) is 4. The molecule has 3 aromatic heterocycles. The van der Waals surface area contributed by atoms with Crippen LogP contribution in [0.4, 0.5) is 17.5 Å². The van der Waals surface area contributed by atoms with Crippen molar-refractivity contribution in [3.8, 4) is 11.5 Å². The molecule has 0 saturated carbocycles. The number of hydrogen-bond acceptors (Lipinski definition) is 13. The number of benzene rings is 4. The SMILES string of the molecule is CN1CCN(c2ncc(C(=O)NCCc3ccc(Cl)cc3)cc2Br)CC1.CN1CCN(c2ncc(C(=O)NCCc3ccc(Oc4ccccc4)cc3)cc2Br)CC1.O=C(NCCc1ccc(Cl)cc1)c1cnc(N2CCNCC2)c(Br)c1. The van der Waals surface area contributed by atoms with Gasteiger partial charge in [0.1, 0.15) is 29.0 Å². The largest absolute Gasteiger partial charge is 0.457 e. The molecule has 3 saturated heterocycles. The van der Waals surface area contributed by atoms with Gasteiger partial charge in [0.15, 0.2) is 0 Å². The number of amides is 3. The van der Waals surface area contributed by atoms with E-state index in [0.717, 1.165) is 157 Å². The molecule has 7 aromatic rings. The Bertz CT molecular complexity index is 3200. The number of likely N-dealkylation sites (N-methyl/N-ethyl adjacent to an activating group) is 2. The van der Waals surface area contributed by atoms with Crippen LogP contribution in [0.5, 0.6) is 11.5 Å². The van der Waals surface area contributed by atoms with Gasteiger partial charge in [-0.2, -0.15) is 0 Å². The zero-order chi connectivity index (χ0) is 58.5. The zero-order valence-electron chi connectivity index (χ0n) is 46.6. The van der Waals surface area contributed by atoms with E-state index in [-0.39, 0.29) is 17.7 Å². The van der Waals surface area contributed by atoms with Crippen LogP contribution in [-0.2, 0) is 19.3 Å². The van der Waals surface area contributed by atoms with Crippen LogP contribution in [0.1, 0.15) is 47.8 Å². The predicted molar refractivity (Wildman–Crippen MR) is 344 cm³/mol. The monoisotopic (exact) mass is 1350 g/mol. The van der Waals surface area contributed by atoms with Crippen molar-refractivity contribution in [1.82, 2.24) is 46.0 Å². The van der Waals surface area contributed by atoms with E-state index in [1.54, 1.807) is 18.6 Å². The Hall–Kier alpha value is -6.16. The Morgan fingerprint density at radius 1 is 0.470 bits per heavy atom. The van der Waals surface area contributed by atoms with Crippen LogP contribution >= 0.6 is 71.0 Å². The first kappa shape index (κ1) is 62.9. The Morgan fingerprint density at radius 2 is 0.795 bits per heavy atom. The molecule has 16 nitrogen and oxygen atoms in total. The smallest absolute Gasteiger partial charge is 0.252 e. The maximum absolute atomic E-state index is 12.6. The van der Waals surface area contributed by atoms with Crippen LogP contribution in [0.2, 0.25) is 10.0 Å². The maximum Gasteiger partial charge on any atom is 0.252 e. The summed E-state index contributed by atoms with van der Waals surface area (Å²) in [5.74, 6) is 3.94. The van der Waals surface area contributed by atoms with Gasteiger partial charge in [0.05, 0.1) is 30.1 Å². The molecule has 83 heavy (non-hydrogen) atoms. The molecule has 3 fully saturated rings. The molecule has 10 rings (SSSR count). The summed E-state index contributed by atoms with van der Waals surface area (Å²) in [6.07, 6.45) is 7.21. The summed E-state index contributed by atoms with van der Waals surface area (Å²) in [5, 5.41) is 13.6. The normalized spacial score (nSPS) is 14.6. The number of nitrogens with one attached hydrogen (secondary N) is 4. The second-order valence-electron chi connectivity index (χ2n) is 20.2. The third-order valence-corrected chi connectivity index (χ3v) is 16.4. The van der Waals surface area contributed by atoms with E-state index in [1.807, 2.05) is 121 Å². The van der Waals surface area contributed by atoms with Gasteiger partial charge in [0, 0.05) is 127 Å². The molecule has 0 spiro atoms. The van der Waals surface area contributed by atoms with Crippen LogP contribution in [0.3, 0.4) is 0 Å². The molecule has 3 aliphatic rings. The number of pyridine rings is 3. The molecule has 4 aromatic carbocycles. The fraction of sp³-hybridized carbons (Fsp3) is 0.323. The number of anilines is 3. The van der Waals surface area contributed by atoms with E-state index < -0.39 is 0 Å². The number of carbonyl (C=O) groups excluding carboxylic acids is 3. The number of aromatic nitrogens is 3. The summed E-state index contributed by atoms with van der Waals surface area (Å²) in [6, 6.07) is 38.5. The summed E-state index contributed by atoms with van der Waals surface area (Å²) in [5.41, 5.74) is 5.09. The summed E-state index contributed by atoms with van der Waals surface area (Å²) in [7, 11) is 4.25. The van der Waals surface area contributed by atoms with Gasteiger partial charge in [-0.1, -0.05) is 77.8 Å². The number of rotatable bonds is 17. The van der Waals surface area contributed by atoms with Crippen molar-refractivity contribution in [1.29, 1.82) is 0 Å². The van der Waals surface area contributed by atoms with Gasteiger partial charge in [0.2, 0.25) is 0 Å². The van der Waals surface area contributed by atoms with Crippen molar-refractivity contribution < 1.29 is 19.1 Å². The van der Waals surface area contributed by atoms with Crippen LogP contribution in [0.15, 0.2) is 153 Å². The molecule has 3 aliphatic heterocycles. The molecule has 0 atom stereocenters. The van der Waals surface area contributed by atoms with Crippen molar-refractivity contribution in [2.24, 2.45) is 0 Å². The Balaban J connectivity index is 0.000000164. The van der Waals surface area contributed by atoms with Crippen molar-refractivity contribution in [2.45, 2.75) is 19.3 Å². The Morgan fingerprint density at radius 3 is 1.14 bits per heavy atom. The minimum atomic E-state index is -0.118. The highest BCUT2D eigenvalue weighted by Crippen LogP contribution is 2.29. The van der Waals surface area contributed by atoms with E-state index in [1.165, 1.54) is 0 Å². The number of halogens is 5. The first-order valence-corrected chi connectivity index (χ1v) is 30.8. The van der Waals surface area contributed by atoms with Gasteiger partial charge in [-0.25, -0.2) is 15.0 Å². The predicted octanol–water partition coefficient (Wildman–Crippen LogP) is 10.5. The summed E-state index contributed by atoms with van der Waals surface area (Å²) < 4.78 is 8.37. The number of carbonyl (C=O) groups is 3. The number of nitrogens with zero attached hydrogens (tertiary/aromatic N) is 8.